The molecule has 0 amide bonds. The van der Waals surface area contributed by atoms with Crippen molar-refractivity contribution >= 4 is 21.4 Å². The topological polar surface area (TPSA) is 93.5 Å². The first-order valence-corrected chi connectivity index (χ1v) is 8.59. The predicted octanol–water partition coefficient (Wildman–Crippen LogP) is 1.40. The summed E-state index contributed by atoms with van der Waals surface area (Å²) in [5, 5.41) is 3.40. The molecular formula is C14H23N3O3S. The van der Waals surface area contributed by atoms with E-state index in [2.05, 4.69) is 17.0 Å². The predicted molar refractivity (Wildman–Crippen MR) is 83.7 cm³/mol. The average Bonchev–Trinajstić information content (AvgIpc) is 2.48. The van der Waals surface area contributed by atoms with E-state index in [1.54, 1.807) is 12.1 Å². The highest BCUT2D eigenvalue weighted by Crippen LogP contribution is 2.25. The number of nitrogens with one attached hydrogen (secondary N) is 2. The lowest BCUT2D eigenvalue weighted by atomic mass is 9.93. The molecule has 0 aliphatic carbocycles. The summed E-state index contributed by atoms with van der Waals surface area (Å²) in [7, 11) is -2.14. The van der Waals surface area contributed by atoms with Gasteiger partial charge in [0.05, 0.1) is 5.69 Å². The Labute approximate surface area is 126 Å². The number of anilines is 2. The van der Waals surface area contributed by atoms with E-state index in [-0.39, 0.29) is 10.6 Å². The van der Waals surface area contributed by atoms with Gasteiger partial charge in [-0.1, -0.05) is 0 Å². The number of hydrogen-bond acceptors (Lipinski definition) is 5. The van der Waals surface area contributed by atoms with Crippen LogP contribution in [-0.4, -0.2) is 34.7 Å². The Bertz CT molecular complexity index is 583. The van der Waals surface area contributed by atoms with E-state index >= 15 is 0 Å². The van der Waals surface area contributed by atoms with Crippen molar-refractivity contribution in [1.82, 2.24) is 4.72 Å². The van der Waals surface area contributed by atoms with Gasteiger partial charge in [-0.2, -0.15) is 0 Å². The van der Waals surface area contributed by atoms with Crippen molar-refractivity contribution < 1.29 is 13.2 Å². The Morgan fingerprint density at radius 3 is 2.57 bits per heavy atom. The van der Waals surface area contributed by atoms with Gasteiger partial charge in [0.1, 0.15) is 4.90 Å². The molecule has 7 heteroatoms. The highest BCUT2D eigenvalue weighted by Gasteiger charge is 2.21. The smallest absolute Gasteiger partial charge is 0.242 e. The number of ether oxygens (including phenoxy) is 1. The van der Waals surface area contributed by atoms with Crippen LogP contribution in [0.25, 0.3) is 0 Å². The van der Waals surface area contributed by atoms with Crippen molar-refractivity contribution in [1.29, 1.82) is 0 Å². The second kappa shape index (κ2) is 6.64. The summed E-state index contributed by atoms with van der Waals surface area (Å²) in [4.78, 5) is 0.106. The molecule has 0 bridgehead atoms. The van der Waals surface area contributed by atoms with Crippen molar-refractivity contribution in [2.45, 2.75) is 30.7 Å². The van der Waals surface area contributed by atoms with E-state index in [4.69, 9.17) is 10.5 Å². The van der Waals surface area contributed by atoms with Crippen molar-refractivity contribution in [3.8, 4) is 0 Å². The van der Waals surface area contributed by atoms with Gasteiger partial charge in [0.15, 0.2) is 0 Å². The Hall–Kier alpha value is -1.31. The summed E-state index contributed by atoms with van der Waals surface area (Å²) in [6.07, 6.45) is 2.08. The van der Waals surface area contributed by atoms with E-state index in [0.29, 0.717) is 12.0 Å². The number of nitrogen functional groups attached to an aromatic ring is 1. The third-order valence-corrected chi connectivity index (χ3v) is 5.42. The molecule has 1 aliphatic rings. The van der Waals surface area contributed by atoms with Gasteiger partial charge in [-0.25, -0.2) is 13.1 Å². The second-order valence-corrected chi connectivity index (χ2v) is 7.20. The fourth-order valence-electron chi connectivity index (χ4n) is 2.59. The summed E-state index contributed by atoms with van der Waals surface area (Å²) in [6, 6.07) is 5.23. The van der Waals surface area contributed by atoms with Gasteiger partial charge in [0.2, 0.25) is 10.0 Å². The van der Waals surface area contributed by atoms with Gasteiger partial charge >= 0.3 is 0 Å². The van der Waals surface area contributed by atoms with Gasteiger partial charge in [0.25, 0.3) is 0 Å². The molecule has 6 nitrogen and oxygen atoms in total. The van der Waals surface area contributed by atoms with Gasteiger partial charge in [0, 0.05) is 24.9 Å². The minimum Gasteiger partial charge on any atom is -0.398 e. The summed E-state index contributed by atoms with van der Waals surface area (Å²) < 4.78 is 31.2. The van der Waals surface area contributed by atoms with Crippen LogP contribution in [-0.2, 0) is 14.8 Å². The zero-order valence-corrected chi connectivity index (χ0v) is 13.2. The maximum atomic E-state index is 11.8. The second-order valence-electron chi connectivity index (χ2n) is 5.34. The van der Waals surface area contributed by atoms with Crippen LogP contribution in [0.2, 0.25) is 0 Å². The van der Waals surface area contributed by atoms with Gasteiger partial charge in [-0.15, -0.1) is 0 Å². The first kappa shape index (κ1) is 16.1. The molecule has 4 N–H and O–H groups in total. The van der Waals surface area contributed by atoms with Crippen molar-refractivity contribution in [3.63, 3.8) is 0 Å². The first-order chi connectivity index (χ1) is 9.94. The third kappa shape index (κ3) is 3.87. The highest BCUT2D eigenvalue weighted by atomic mass is 32.2. The van der Waals surface area contributed by atoms with Gasteiger partial charge in [-0.05, 0) is 50.9 Å². The molecule has 1 unspecified atom stereocenters. The largest absolute Gasteiger partial charge is 0.398 e. The fraction of sp³-hybridized carbons (Fsp3) is 0.571. The molecule has 1 atom stereocenters. The Kier molecular flexibility index (Phi) is 5.08. The molecule has 0 radical (unpaired) electrons. The molecule has 0 spiro atoms. The number of hydrogen-bond donors (Lipinski definition) is 3. The van der Waals surface area contributed by atoms with Crippen LogP contribution in [0.5, 0.6) is 0 Å². The summed E-state index contributed by atoms with van der Waals surface area (Å²) in [5.74, 6) is 0.556. The van der Waals surface area contributed by atoms with Crippen LogP contribution >= 0.6 is 0 Å². The lowest BCUT2D eigenvalue weighted by Crippen LogP contribution is -2.31. The molecule has 1 heterocycles. The van der Waals surface area contributed by atoms with Crippen molar-refractivity contribution in [3.05, 3.63) is 18.2 Å². The van der Waals surface area contributed by atoms with E-state index < -0.39 is 10.0 Å². The SMILES string of the molecule is CNS(=O)(=O)c1ccc(NC(C)C2CCOCC2)cc1N. The lowest BCUT2D eigenvalue weighted by Gasteiger charge is -2.29. The summed E-state index contributed by atoms with van der Waals surface area (Å²) >= 11 is 0. The number of nitrogens with two attached hydrogens (primary N) is 1. The van der Waals surface area contributed by atoms with Crippen LogP contribution in [0.1, 0.15) is 19.8 Å². The Morgan fingerprint density at radius 2 is 2.00 bits per heavy atom. The number of sulfonamides is 1. The minimum absolute atomic E-state index is 0.106. The van der Waals surface area contributed by atoms with Crippen molar-refractivity contribution in [2.75, 3.05) is 31.3 Å². The molecule has 1 aromatic rings. The lowest BCUT2D eigenvalue weighted by molar-refractivity contribution is 0.0622. The monoisotopic (exact) mass is 313 g/mol. The van der Waals surface area contributed by atoms with E-state index in [1.807, 2.05) is 0 Å². The quantitative estimate of drug-likeness (QED) is 0.715. The normalized spacial score (nSPS) is 18.4. The fourth-order valence-corrected chi connectivity index (χ4v) is 3.43. The first-order valence-electron chi connectivity index (χ1n) is 7.11. The molecule has 0 saturated carbocycles. The summed E-state index contributed by atoms with van der Waals surface area (Å²) in [5.41, 5.74) is 6.94. The van der Waals surface area contributed by atoms with Crippen LogP contribution in [0.15, 0.2) is 23.1 Å². The molecule has 1 aromatic carbocycles. The van der Waals surface area contributed by atoms with Crippen LogP contribution in [0.3, 0.4) is 0 Å². The van der Waals surface area contributed by atoms with Gasteiger partial charge < -0.3 is 15.8 Å². The minimum atomic E-state index is -3.51. The zero-order valence-electron chi connectivity index (χ0n) is 12.4. The van der Waals surface area contributed by atoms with E-state index in [1.165, 1.54) is 13.1 Å². The zero-order chi connectivity index (χ0) is 15.5. The molecule has 0 aromatic heterocycles. The molecule has 1 fully saturated rings. The maximum absolute atomic E-state index is 11.8. The third-order valence-electron chi connectivity index (χ3n) is 3.94. The molecule has 1 saturated heterocycles. The average molecular weight is 313 g/mol. The van der Waals surface area contributed by atoms with Crippen LogP contribution in [0, 0.1) is 5.92 Å². The number of benzene rings is 1. The van der Waals surface area contributed by atoms with E-state index in [0.717, 1.165) is 31.7 Å². The maximum Gasteiger partial charge on any atom is 0.242 e. The highest BCUT2D eigenvalue weighted by molar-refractivity contribution is 7.89. The molecule has 1 aliphatic heterocycles. The molecule has 118 valence electrons. The standard InChI is InChI=1S/C14H23N3O3S/c1-10(11-5-7-20-8-6-11)17-12-3-4-14(13(15)9-12)21(18,19)16-2/h3-4,9-11,16-17H,5-8,15H2,1-2H3. The van der Waals surface area contributed by atoms with E-state index in [9.17, 15) is 8.42 Å². The molecule has 21 heavy (non-hydrogen) atoms. The molecular weight excluding hydrogens is 290 g/mol. The van der Waals surface area contributed by atoms with Crippen molar-refractivity contribution in [2.24, 2.45) is 5.92 Å². The van der Waals surface area contributed by atoms with Crippen LogP contribution < -0.4 is 15.8 Å². The van der Waals surface area contributed by atoms with Gasteiger partial charge in [-0.3, -0.25) is 0 Å². The molecule has 2 rings (SSSR count). The van der Waals surface area contributed by atoms with Crippen LogP contribution in [0.4, 0.5) is 11.4 Å². The number of rotatable bonds is 5. The summed E-state index contributed by atoms with van der Waals surface area (Å²) in [6.45, 7) is 3.74. The Morgan fingerprint density at radius 1 is 1.33 bits per heavy atom. The Balaban J connectivity index is 2.09.